The molecule has 0 aliphatic heterocycles. The largest absolute Gasteiger partial charge is 0.325 e. The first-order valence-electron chi connectivity index (χ1n) is 6.96. The van der Waals surface area contributed by atoms with E-state index in [9.17, 15) is 9.18 Å². The molecule has 0 aromatic heterocycles. The molecule has 1 fully saturated rings. The number of halogens is 1. The van der Waals surface area contributed by atoms with Crippen molar-refractivity contribution in [2.45, 2.75) is 34.6 Å². The summed E-state index contributed by atoms with van der Waals surface area (Å²) in [5.41, 5.74) is 2.25. The monoisotopic (exact) mass is 275 g/mol. The molecule has 0 spiro atoms. The van der Waals surface area contributed by atoms with Gasteiger partial charge < -0.3 is 5.32 Å². The van der Waals surface area contributed by atoms with Gasteiger partial charge in [-0.3, -0.25) is 4.79 Å². The summed E-state index contributed by atoms with van der Waals surface area (Å²) in [6, 6.07) is 4.75. The van der Waals surface area contributed by atoms with Crippen molar-refractivity contribution >= 4 is 11.6 Å². The summed E-state index contributed by atoms with van der Waals surface area (Å²) in [4.78, 5) is 12.4. The van der Waals surface area contributed by atoms with E-state index in [0.29, 0.717) is 11.3 Å². The molecule has 1 aliphatic carbocycles. The van der Waals surface area contributed by atoms with Gasteiger partial charge in [0, 0.05) is 11.3 Å². The zero-order chi connectivity index (χ0) is 15.1. The zero-order valence-corrected chi connectivity index (χ0v) is 12.8. The lowest BCUT2D eigenvalue weighted by atomic mass is 10.1. The molecule has 1 aromatic carbocycles. The van der Waals surface area contributed by atoms with Gasteiger partial charge in [0.05, 0.1) is 5.92 Å². The summed E-state index contributed by atoms with van der Waals surface area (Å²) >= 11 is 0. The highest BCUT2D eigenvalue weighted by atomic mass is 19.1. The van der Waals surface area contributed by atoms with Gasteiger partial charge >= 0.3 is 0 Å². The summed E-state index contributed by atoms with van der Waals surface area (Å²) in [7, 11) is 0. The first kappa shape index (κ1) is 14.8. The molecule has 2 atom stereocenters. The molecule has 1 aromatic rings. The van der Waals surface area contributed by atoms with E-state index in [2.05, 4.69) is 25.2 Å². The van der Waals surface area contributed by atoms with Gasteiger partial charge in [0.2, 0.25) is 5.91 Å². The molecule has 0 saturated heterocycles. The number of nitrogens with one attached hydrogen (secondary N) is 1. The number of hydrogen-bond acceptors (Lipinski definition) is 1. The molecule has 20 heavy (non-hydrogen) atoms. The van der Waals surface area contributed by atoms with E-state index < -0.39 is 0 Å². The predicted molar refractivity (Wildman–Crippen MR) is 80.0 cm³/mol. The van der Waals surface area contributed by atoms with Crippen LogP contribution in [0.3, 0.4) is 0 Å². The minimum Gasteiger partial charge on any atom is -0.325 e. The van der Waals surface area contributed by atoms with Crippen molar-refractivity contribution in [1.82, 2.24) is 0 Å². The molecule has 1 amide bonds. The van der Waals surface area contributed by atoms with Crippen LogP contribution in [0.15, 0.2) is 29.8 Å². The van der Waals surface area contributed by atoms with Crippen LogP contribution in [0.4, 0.5) is 10.1 Å². The lowest BCUT2D eigenvalue weighted by molar-refractivity contribution is -0.118. The van der Waals surface area contributed by atoms with E-state index in [4.69, 9.17) is 0 Å². The van der Waals surface area contributed by atoms with Crippen LogP contribution in [0.25, 0.3) is 0 Å². The second kappa shape index (κ2) is 5.04. The van der Waals surface area contributed by atoms with Crippen LogP contribution >= 0.6 is 0 Å². The summed E-state index contributed by atoms with van der Waals surface area (Å²) in [5.74, 6) is -0.0914. The fourth-order valence-corrected chi connectivity index (χ4v) is 2.80. The first-order valence-corrected chi connectivity index (χ1v) is 6.96. The standard InChI is InChI=1S/C17H22FNO/c1-10(2)9-12-15(17(12,4)5)16(20)19-14-8-6-7-13(18)11(14)3/h6-9,12,15H,1-5H3,(H,19,20)/t12-,15+/m1/s1. The van der Waals surface area contributed by atoms with Gasteiger partial charge in [-0.1, -0.05) is 31.6 Å². The third-order valence-corrected chi connectivity index (χ3v) is 4.23. The number of hydrogen-bond donors (Lipinski definition) is 1. The van der Waals surface area contributed by atoms with Crippen molar-refractivity contribution in [2.24, 2.45) is 17.3 Å². The number of carbonyl (C=O) groups excluding carboxylic acids is 1. The summed E-state index contributed by atoms with van der Waals surface area (Å²) in [6.07, 6.45) is 2.16. The van der Waals surface area contributed by atoms with Crippen molar-refractivity contribution in [3.05, 3.63) is 41.2 Å². The molecule has 1 N–H and O–H groups in total. The number of amides is 1. The van der Waals surface area contributed by atoms with Gasteiger partial charge in [0.1, 0.15) is 5.82 Å². The highest BCUT2D eigenvalue weighted by Gasteiger charge is 2.60. The van der Waals surface area contributed by atoms with Crippen molar-refractivity contribution in [3.8, 4) is 0 Å². The molecule has 108 valence electrons. The second-order valence-electron chi connectivity index (χ2n) is 6.47. The Hall–Kier alpha value is -1.64. The lowest BCUT2D eigenvalue weighted by Crippen LogP contribution is -2.17. The molecule has 1 aliphatic rings. The van der Waals surface area contributed by atoms with E-state index in [1.165, 1.54) is 11.6 Å². The average Bonchev–Trinajstić information content (AvgIpc) is 2.86. The topological polar surface area (TPSA) is 29.1 Å². The minimum atomic E-state index is -0.293. The molecular formula is C17H22FNO. The van der Waals surface area contributed by atoms with E-state index in [-0.39, 0.29) is 29.0 Å². The third-order valence-electron chi connectivity index (χ3n) is 4.23. The van der Waals surface area contributed by atoms with Crippen LogP contribution in [0.2, 0.25) is 0 Å². The van der Waals surface area contributed by atoms with Crippen molar-refractivity contribution in [3.63, 3.8) is 0 Å². The molecule has 2 rings (SSSR count). The molecule has 0 bridgehead atoms. The van der Waals surface area contributed by atoms with Crippen LogP contribution in [0.1, 0.15) is 33.3 Å². The Balaban J connectivity index is 2.14. The molecule has 0 heterocycles. The molecule has 0 radical (unpaired) electrons. The van der Waals surface area contributed by atoms with Crippen molar-refractivity contribution in [2.75, 3.05) is 5.32 Å². The Labute approximate surface area is 120 Å². The normalized spacial score (nSPS) is 23.1. The maximum absolute atomic E-state index is 13.5. The van der Waals surface area contributed by atoms with E-state index in [1.54, 1.807) is 19.1 Å². The zero-order valence-electron chi connectivity index (χ0n) is 12.8. The number of benzene rings is 1. The quantitative estimate of drug-likeness (QED) is 0.818. The van der Waals surface area contributed by atoms with E-state index >= 15 is 0 Å². The van der Waals surface area contributed by atoms with Crippen LogP contribution in [0, 0.1) is 30.0 Å². The fraction of sp³-hybridized carbons (Fsp3) is 0.471. The van der Waals surface area contributed by atoms with Crippen LogP contribution in [-0.2, 0) is 4.79 Å². The molecule has 2 nitrogen and oxygen atoms in total. The minimum absolute atomic E-state index is 0.0220. The van der Waals surface area contributed by atoms with Gasteiger partial charge in [-0.2, -0.15) is 0 Å². The van der Waals surface area contributed by atoms with Crippen molar-refractivity contribution < 1.29 is 9.18 Å². The summed E-state index contributed by atoms with van der Waals surface area (Å²) in [6.45, 7) is 9.95. The maximum Gasteiger partial charge on any atom is 0.228 e. The van der Waals surface area contributed by atoms with E-state index in [1.807, 2.05) is 13.8 Å². The summed E-state index contributed by atoms with van der Waals surface area (Å²) in [5, 5.41) is 2.86. The predicted octanol–water partition coefficient (Wildman–Crippen LogP) is 4.31. The Kier molecular flexibility index (Phi) is 3.72. The van der Waals surface area contributed by atoms with Crippen LogP contribution in [0.5, 0.6) is 0 Å². The number of rotatable bonds is 3. The highest BCUT2D eigenvalue weighted by molar-refractivity contribution is 5.96. The Morgan fingerprint density at radius 3 is 2.60 bits per heavy atom. The van der Waals surface area contributed by atoms with Crippen LogP contribution < -0.4 is 5.32 Å². The Bertz CT molecular complexity index is 570. The third kappa shape index (κ3) is 2.62. The molecule has 0 unspecified atom stereocenters. The molecular weight excluding hydrogens is 253 g/mol. The van der Waals surface area contributed by atoms with Gasteiger partial charge in [-0.05, 0) is 44.2 Å². The Morgan fingerprint density at radius 2 is 2.00 bits per heavy atom. The van der Waals surface area contributed by atoms with Gasteiger partial charge in [-0.25, -0.2) is 4.39 Å². The fourth-order valence-electron chi connectivity index (χ4n) is 2.80. The van der Waals surface area contributed by atoms with E-state index in [0.717, 1.165) is 0 Å². The second-order valence-corrected chi connectivity index (χ2v) is 6.47. The smallest absolute Gasteiger partial charge is 0.228 e. The Morgan fingerprint density at radius 1 is 1.35 bits per heavy atom. The number of carbonyl (C=O) groups is 1. The van der Waals surface area contributed by atoms with Crippen LogP contribution in [-0.4, -0.2) is 5.91 Å². The lowest BCUT2D eigenvalue weighted by Gasteiger charge is -2.09. The van der Waals surface area contributed by atoms with Gasteiger partial charge in [-0.15, -0.1) is 0 Å². The maximum atomic E-state index is 13.5. The summed E-state index contributed by atoms with van der Waals surface area (Å²) < 4.78 is 13.5. The van der Waals surface area contributed by atoms with Crippen molar-refractivity contribution in [1.29, 1.82) is 0 Å². The highest BCUT2D eigenvalue weighted by Crippen LogP contribution is 2.59. The molecule has 3 heteroatoms. The molecule has 1 saturated carbocycles. The first-order chi connectivity index (χ1) is 9.25. The number of allylic oxidation sites excluding steroid dienone is 2. The SMILES string of the molecule is CC(C)=C[C@@H]1[C@@H](C(=O)Nc2cccc(F)c2C)C1(C)C. The number of anilines is 1. The average molecular weight is 275 g/mol. The van der Waals surface area contributed by atoms with Gasteiger partial charge in [0.25, 0.3) is 0 Å². The van der Waals surface area contributed by atoms with Gasteiger partial charge in [0.15, 0.2) is 0 Å².